The molecule has 5 heteroatoms. The van der Waals surface area contributed by atoms with Crippen molar-refractivity contribution in [3.05, 3.63) is 65.5 Å². The van der Waals surface area contributed by atoms with E-state index in [1.54, 1.807) is 30.3 Å². The van der Waals surface area contributed by atoms with Gasteiger partial charge in [-0.25, -0.2) is 4.39 Å². The van der Waals surface area contributed by atoms with Crippen molar-refractivity contribution in [2.45, 2.75) is 32.1 Å². The van der Waals surface area contributed by atoms with Crippen LogP contribution in [0.15, 0.2) is 48.5 Å². The number of nitrogens with one attached hydrogen (secondary N) is 1. The third-order valence-electron chi connectivity index (χ3n) is 3.77. The maximum atomic E-state index is 12.9. The van der Waals surface area contributed by atoms with E-state index in [0.717, 1.165) is 11.1 Å². The molecule has 126 valence electrons. The Morgan fingerprint density at radius 2 is 1.88 bits per heavy atom. The minimum Gasteiger partial charge on any atom is -0.481 e. The summed E-state index contributed by atoms with van der Waals surface area (Å²) >= 11 is 0. The molecule has 0 aromatic heterocycles. The predicted molar refractivity (Wildman–Crippen MR) is 90.5 cm³/mol. The Bertz CT molecular complexity index is 713. The number of aryl methyl sites for hydroxylation is 1. The Balaban J connectivity index is 1.93. The normalized spacial score (nSPS) is 11.8. The first-order chi connectivity index (χ1) is 11.4. The molecule has 0 saturated heterocycles. The van der Waals surface area contributed by atoms with Crippen molar-refractivity contribution in [3.63, 3.8) is 0 Å². The van der Waals surface area contributed by atoms with Crippen molar-refractivity contribution >= 4 is 17.6 Å². The topological polar surface area (TPSA) is 66.4 Å². The number of hydrogen-bond acceptors (Lipinski definition) is 2. The number of carboxylic acids is 1. The van der Waals surface area contributed by atoms with Gasteiger partial charge in [-0.05, 0) is 47.7 Å². The summed E-state index contributed by atoms with van der Waals surface area (Å²) in [4.78, 5) is 22.8. The van der Waals surface area contributed by atoms with E-state index in [1.807, 2.05) is 13.0 Å². The number of carbonyl (C=O) groups excluding carboxylic acids is 1. The monoisotopic (exact) mass is 329 g/mol. The molecule has 24 heavy (non-hydrogen) atoms. The van der Waals surface area contributed by atoms with Gasteiger partial charge in [-0.3, -0.25) is 9.59 Å². The number of carbonyl (C=O) groups is 2. The van der Waals surface area contributed by atoms with Gasteiger partial charge in [0, 0.05) is 18.5 Å². The van der Waals surface area contributed by atoms with E-state index < -0.39 is 5.97 Å². The number of rotatable bonds is 7. The van der Waals surface area contributed by atoms with Gasteiger partial charge in [-0.1, -0.05) is 31.2 Å². The fraction of sp³-hybridized carbons (Fsp3) is 0.263. The Hall–Kier alpha value is -2.69. The van der Waals surface area contributed by atoms with E-state index in [0.29, 0.717) is 12.1 Å². The van der Waals surface area contributed by atoms with Crippen LogP contribution in [-0.2, 0) is 16.0 Å². The molecule has 4 nitrogen and oxygen atoms in total. The van der Waals surface area contributed by atoms with E-state index in [4.69, 9.17) is 5.11 Å². The number of carboxylic acid groups (broad SMARTS) is 1. The van der Waals surface area contributed by atoms with Crippen molar-refractivity contribution in [2.75, 3.05) is 5.32 Å². The summed E-state index contributed by atoms with van der Waals surface area (Å²) in [5, 5.41) is 11.5. The molecule has 2 aromatic carbocycles. The van der Waals surface area contributed by atoms with Crippen molar-refractivity contribution in [1.29, 1.82) is 0 Å². The van der Waals surface area contributed by atoms with Crippen molar-refractivity contribution in [2.24, 2.45) is 0 Å². The number of aliphatic carboxylic acids is 1. The second kappa shape index (κ2) is 8.24. The van der Waals surface area contributed by atoms with Crippen LogP contribution in [0.25, 0.3) is 0 Å². The van der Waals surface area contributed by atoms with E-state index in [2.05, 4.69) is 5.32 Å². The van der Waals surface area contributed by atoms with Crippen LogP contribution in [0.3, 0.4) is 0 Å². The maximum Gasteiger partial charge on any atom is 0.303 e. The first-order valence-electron chi connectivity index (χ1n) is 7.80. The van der Waals surface area contributed by atoms with E-state index in [9.17, 15) is 14.0 Å². The standard InChI is InChI=1S/C19H20FNO3/c1-13(15-6-8-16(20)9-7-15)11-18(22)21-17-4-2-3-14(12-17)5-10-19(23)24/h2-4,6-9,12-13H,5,10-11H2,1H3,(H,21,22)(H,23,24). The molecule has 2 N–H and O–H groups in total. The first-order valence-corrected chi connectivity index (χ1v) is 7.80. The molecule has 1 amide bonds. The molecule has 1 atom stereocenters. The summed E-state index contributed by atoms with van der Waals surface area (Å²) in [5.74, 6) is -1.31. The summed E-state index contributed by atoms with van der Waals surface area (Å²) < 4.78 is 12.9. The lowest BCUT2D eigenvalue weighted by molar-refractivity contribution is -0.137. The van der Waals surface area contributed by atoms with Crippen LogP contribution in [0.2, 0.25) is 0 Å². The highest BCUT2D eigenvalue weighted by atomic mass is 19.1. The Labute approximate surface area is 140 Å². The fourth-order valence-corrected chi connectivity index (χ4v) is 2.46. The van der Waals surface area contributed by atoms with Gasteiger partial charge in [-0.2, -0.15) is 0 Å². The molecule has 0 fully saturated rings. The van der Waals surface area contributed by atoms with Gasteiger partial charge in [0.05, 0.1) is 0 Å². The highest BCUT2D eigenvalue weighted by Crippen LogP contribution is 2.20. The lowest BCUT2D eigenvalue weighted by Crippen LogP contribution is -2.14. The molecule has 2 rings (SSSR count). The minimum atomic E-state index is -0.849. The lowest BCUT2D eigenvalue weighted by Gasteiger charge is -2.12. The fourth-order valence-electron chi connectivity index (χ4n) is 2.46. The number of benzene rings is 2. The number of amides is 1. The predicted octanol–water partition coefficient (Wildman–Crippen LogP) is 3.98. The van der Waals surface area contributed by atoms with Crippen molar-refractivity contribution < 1.29 is 19.1 Å². The largest absolute Gasteiger partial charge is 0.481 e. The molecule has 0 bridgehead atoms. The molecular formula is C19H20FNO3. The van der Waals surface area contributed by atoms with E-state index in [-0.39, 0.29) is 30.5 Å². The van der Waals surface area contributed by atoms with Gasteiger partial charge in [0.2, 0.25) is 5.91 Å². The number of hydrogen-bond donors (Lipinski definition) is 2. The Morgan fingerprint density at radius 1 is 1.17 bits per heavy atom. The highest BCUT2D eigenvalue weighted by Gasteiger charge is 2.12. The Kier molecular flexibility index (Phi) is 6.07. The summed E-state index contributed by atoms with van der Waals surface area (Å²) in [6, 6.07) is 13.3. The van der Waals surface area contributed by atoms with Crippen LogP contribution in [0, 0.1) is 5.82 Å². The molecular weight excluding hydrogens is 309 g/mol. The molecule has 0 heterocycles. The van der Waals surface area contributed by atoms with Crippen LogP contribution in [0.1, 0.15) is 36.8 Å². The average molecular weight is 329 g/mol. The van der Waals surface area contributed by atoms with Gasteiger partial charge in [0.15, 0.2) is 0 Å². The third-order valence-corrected chi connectivity index (χ3v) is 3.77. The number of halogens is 1. The quantitative estimate of drug-likeness (QED) is 0.807. The van der Waals surface area contributed by atoms with E-state index in [1.165, 1.54) is 12.1 Å². The highest BCUT2D eigenvalue weighted by molar-refractivity contribution is 5.91. The molecule has 0 saturated carbocycles. The Morgan fingerprint density at radius 3 is 2.54 bits per heavy atom. The SMILES string of the molecule is CC(CC(=O)Nc1cccc(CCC(=O)O)c1)c1ccc(F)cc1. The van der Waals surface area contributed by atoms with Crippen LogP contribution in [0.4, 0.5) is 10.1 Å². The minimum absolute atomic E-state index is 0.0270. The van der Waals surface area contributed by atoms with E-state index >= 15 is 0 Å². The van der Waals surface area contributed by atoms with Crippen LogP contribution in [-0.4, -0.2) is 17.0 Å². The van der Waals surface area contributed by atoms with Crippen LogP contribution in [0.5, 0.6) is 0 Å². The average Bonchev–Trinajstić information content (AvgIpc) is 2.53. The molecule has 0 aliphatic carbocycles. The van der Waals surface area contributed by atoms with Crippen molar-refractivity contribution in [3.8, 4) is 0 Å². The first kappa shape index (κ1) is 17.7. The maximum absolute atomic E-state index is 12.9. The van der Waals surface area contributed by atoms with Crippen LogP contribution >= 0.6 is 0 Å². The van der Waals surface area contributed by atoms with Crippen molar-refractivity contribution in [1.82, 2.24) is 0 Å². The number of anilines is 1. The lowest BCUT2D eigenvalue weighted by atomic mass is 9.97. The molecule has 2 aromatic rings. The van der Waals surface area contributed by atoms with Gasteiger partial charge < -0.3 is 10.4 Å². The third kappa shape index (κ3) is 5.50. The van der Waals surface area contributed by atoms with Gasteiger partial charge >= 0.3 is 5.97 Å². The van der Waals surface area contributed by atoms with Gasteiger partial charge in [0.1, 0.15) is 5.82 Å². The molecule has 0 aliphatic heterocycles. The van der Waals surface area contributed by atoms with Gasteiger partial charge in [-0.15, -0.1) is 0 Å². The summed E-state index contributed by atoms with van der Waals surface area (Å²) in [5.41, 5.74) is 2.41. The van der Waals surface area contributed by atoms with Gasteiger partial charge in [0.25, 0.3) is 0 Å². The smallest absolute Gasteiger partial charge is 0.303 e. The summed E-state index contributed by atoms with van der Waals surface area (Å²) in [6.07, 6.45) is 0.759. The second-order valence-corrected chi connectivity index (χ2v) is 5.80. The second-order valence-electron chi connectivity index (χ2n) is 5.80. The zero-order chi connectivity index (χ0) is 17.5. The molecule has 0 radical (unpaired) electrons. The molecule has 1 unspecified atom stereocenters. The zero-order valence-electron chi connectivity index (χ0n) is 13.5. The zero-order valence-corrected chi connectivity index (χ0v) is 13.5. The molecule has 0 aliphatic rings. The summed E-state index contributed by atoms with van der Waals surface area (Å²) in [7, 11) is 0. The van der Waals surface area contributed by atoms with Crippen LogP contribution < -0.4 is 5.32 Å². The molecule has 0 spiro atoms. The summed E-state index contributed by atoms with van der Waals surface area (Å²) in [6.45, 7) is 1.91.